The maximum Gasteiger partial charge on any atom is 0.208 e. The van der Waals surface area contributed by atoms with Gasteiger partial charge in [0.1, 0.15) is 0 Å². The van der Waals surface area contributed by atoms with Crippen LogP contribution in [0.4, 0.5) is 0 Å². The lowest BCUT2D eigenvalue weighted by Crippen LogP contribution is -2.47. The van der Waals surface area contributed by atoms with E-state index in [1.807, 2.05) is 18.2 Å². The molecule has 0 aromatic carbocycles. The van der Waals surface area contributed by atoms with Gasteiger partial charge in [-0.1, -0.05) is 6.07 Å². The summed E-state index contributed by atoms with van der Waals surface area (Å²) in [6.07, 6.45) is 4.92. The Kier molecular flexibility index (Phi) is 4.31. The second kappa shape index (κ2) is 5.77. The number of aromatic nitrogens is 1. The molecule has 0 radical (unpaired) electrons. The molecule has 1 saturated heterocycles. The number of hydrogen-bond acceptors (Lipinski definition) is 4. The van der Waals surface area contributed by atoms with Gasteiger partial charge in [-0.05, 0) is 31.5 Å². The molecule has 0 unspecified atom stereocenters. The molecule has 1 aliphatic rings. The van der Waals surface area contributed by atoms with E-state index in [-0.39, 0.29) is 6.04 Å². The van der Waals surface area contributed by atoms with Crippen LogP contribution in [0.5, 0.6) is 0 Å². The average molecular weight is 269 g/mol. The first kappa shape index (κ1) is 13.5. The van der Waals surface area contributed by atoms with Crippen molar-refractivity contribution in [3.8, 4) is 0 Å². The fourth-order valence-electron chi connectivity index (χ4n) is 2.32. The van der Waals surface area contributed by atoms with Gasteiger partial charge in [-0.2, -0.15) is 0 Å². The molecule has 18 heavy (non-hydrogen) atoms. The summed E-state index contributed by atoms with van der Waals surface area (Å²) in [5.74, 6) is 0. The van der Waals surface area contributed by atoms with E-state index in [2.05, 4.69) is 14.6 Å². The number of hydrogen-bond donors (Lipinski definition) is 1. The van der Waals surface area contributed by atoms with Gasteiger partial charge in [0, 0.05) is 25.3 Å². The highest BCUT2D eigenvalue weighted by Crippen LogP contribution is 2.13. The van der Waals surface area contributed by atoms with Crippen LogP contribution in [0.15, 0.2) is 24.4 Å². The molecule has 1 aromatic heterocycles. The summed E-state index contributed by atoms with van der Waals surface area (Å²) in [7, 11) is -3.11. The van der Waals surface area contributed by atoms with E-state index < -0.39 is 10.0 Å². The van der Waals surface area contributed by atoms with Gasteiger partial charge in [0.25, 0.3) is 0 Å². The molecule has 1 aliphatic heterocycles. The Morgan fingerprint density at radius 1 is 1.50 bits per heavy atom. The van der Waals surface area contributed by atoms with Crippen LogP contribution in [-0.2, 0) is 16.6 Å². The van der Waals surface area contributed by atoms with E-state index in [0.29, 0.717) is 0 Å². The lowest BCUT2D eigenvalue weighted by Gasteiger charge is -2.32. The third kappa shape index (κ3) is 4.36. The van der Waals surface area contributed by atoms with E-state index in [1.165, 1.54) is 6.26 Å². The first-order valence-electron chi connectivity index (χ1n) is 6.12. The number of piperidine rings is 1. The normalized spacial score (nSPS) is 21.9. The molecule has 2 rings (SSSR count). The van der Waals surface area contributed by atoms with E-state index in [9.17, 15) is 8.42 Å². The van der Waals surface area contributed by atoms with Gasteiger partial charge >= 0.3 is 0 Å². The Labute approximate surface area is 108 Å². The molecule has 2 heterocycles. The second-order valence-electron chi connectivity index (χ2n) is 4.79. The van der Waals surface area contributed by atoms with E-state index >= 15 is 0 Å². The number of pyridine rings is 1. The summed E-state index contributed by atoms with van der Waals surface area (Å²) in [6, 6.07) is 5.89. The largest absolute Gasteiger partial charge is 0.296 e. The number of rotatable bonds is 4. The molecule has 5 nitrogen and oxygen atoms in total. The molecule has 1 aromatic rings. The second-order valence-corrected chi connectivity index (χ2v) is 6.57. The Bertz CT molecular complexity index is 475. The number of nitrogens with zero attached hydrogens (tertiary/aromatic N) is 2. The van der Waals surface area contributed by atoms with E-state index in [1.54, 1.807) is 6.20 Å². The highest BCUT2D eigenvalue weighted by atomic mass is 32.2. The Morgan fingerprint density at radius 2 is 2.33 bits per heavy atom. The predicted molar refractivity (Wildman–Crippen MR) is 70.5 cm³/mol. The van der Waals surface area contributed by atoms with Crippen LogP contribution in [0.3, 0.4) is 0 Å². The summed E-state index contributed by atoms with van der Waals surface area (Å²) in [5, 5.41) is 0. The minimum Gasteiger partial charge on any atom is -0.296 e. The standard InChI is InChI=1S/C12H19N3O2S/c1-18(16,17)14-12-6-4-8-15(10-12)9-11-5-2-3-7-13-11/h2-3,5,7,12,14H,4,6,8-10H2,1H3/t12-/m0/s1. The minimum atomic E-state index is -3.11. The maximum absolute atomic E-state index is 11.2. The van der Waals surface area contributed by atoms with Gasteiger partial charge in [0.15, 0.2) is 0 Å². The Balaban J connectivity index is 1.91. The Morgan fingerprint density at radius 3 is 3.00 bits per heavy atom. The van der Waals surface area contributed by atoms with Crippen LogP contribution in [0.2, 0.25) is 0 Å². The third-order valence-corrected chi connectivity index (χ3v) is 3.76. The molecule has 0 spiro atoms. The SMILES string of the molecule is CS(=O)(=O)N[C@H]1CCCN(Cc2ccccn2)C1. The van der Waals surface area contributed by atoms with Crippen molar-refractivity contribution in [1.82, 2.24) is 14.6 Å². The molecule has 1 atom stereocenters. The number of nitrogens with one attached hydrogen (secondary N) is 1. The van der Waals surface area contributed by atoms with Crippen LogP contribution in [0, 0.1) is 0 Å². The van der Waals surface area contributed by atoms with E-state index in [0.717, 1.165) is 38.2 Å². The van der Waals surface area contributed by atoms with Crippen LogP contribution < -0.4 is 4.72 Å². The molecule has 0 bridgehead atoms. The van der Waals surface area contributed by atoms with Gasteiger partial charge in [0.05, 0.1) is 11.9 Å². The summed E-state index contributed by atoms with van der Waals surface area (Å²) >= 11 is 0. The molecule has 100 valence electrons. The molecule has 0 saturated carbocycles. The zero-order chi connectivity index (χ0) is 13.0. The first-order chi connectivity index (χ1) is 8.53. The smallest absolute Gasteiger partial charge is 0.208 e. The van der Waals surface area contributed by atoms with Crippen molar-refractivity contribution in [1.29, 1.82) is 0 Å². The van der Waals surface area contributed by atoms with Gasteiger partial charge in [-0.3, -0.25) is 9.88 Å². The summed E-state index contributed by atoms with van der Waals surface area (Å²) in [4.78, 5) is 6.54. The lowest BCUT2D eigenvalue weighted by atomic mass is 10.1. The Hall–Kier alpha value is -0.980. The topological polar surface area (TPSA) is 62.3 Å². The molecule has 1 fully saturated rings. The fourth-order valence-corrected chi connectivity index (χ4v) is 3.12. The summed E-state index contributed by atoms with van der Waals surface area (Å²) < 4.78 is 25.1. The monoisotopic (exact) mass is 269 g/mol. The zero-order valence-corrected chi connectivity index (χ0v) is 11.4. The van der Waals surface area contributed by atoms with Crippen molar-refractivity contribution in [2.24, 2.45) is 0 Å². The van der Waals surface area contributed by atoms with Crippen molar-refractivity contribution in [3.63, 3.8) is 0 Å². The van der Waals surface area contributed by atoms with Crippen molar-refractivity contribution in [2.45, 2.75) is 25.4 Å². The summed E-state index contributed by atoms with van der Waals surface area (Å²) in [6.45, 7) is 2.53. The molecule has 6 heteroatoms. The van der Waals surface area contributed by atoms with Gasteiger partial charge in [-0.15, -0.1) is 0 Å². The van der Waals surface area contributed by atoms with Gasteiger partial charge < -0.3 is 0 Å². The molecule has 0 amide bonds. The van der Waals surface area contributed by atoms with Gasteiger partial charge in [-0.25, -0.2) is 13.1 Å². The minimum absolute atomic E-state index is 0.0254. The molecular formula is C12H19N3O2S. The highest BCUT2D eigenvalue weighted by Gasteiger charge is 2.22. The molecular weight excluding hydrogens is 250 g/mol. The highest BCUT2D eigenvalue weighted by molar-refractivity contribution is 7.88. The van der Waals surface area contributed by atoms with Gasteiger partial charge in [0.2, 0.25) is 10.0 Å². The van der Waals surface area contributed by atoms with Crippen molar-refractivity contribution < 1.29 is 8.42 Å². The average Bonchev–Trinajstić information content (AvgIpc) is 2.28. The van der Waals surface area contributed by atoms with Crippen LogP contribution >= 0.6 is 0 Å². The number of sulfonamides is 1. The quantitative estimate of drug-likeness (QED) is 0.869. The van der Waals surface area contributed by atoms with E-state index in [4.69, 9.17) is 0 Å². The zero-order valence-electron chi connectivity index (χ0n) is 10.5. The third-order valence-electron chi connectivity index (χ3n) is 3.00. The predicted octanol–water partition coefficient (Wildman–Crippen LogP) is 0.595. The number of likely N-dealkylation sites (tertiary alicyclic amines) is 1. The molecule has 0 aliphatic carbocycles. The summed E-state index contributed by atoms with van der Waals surface area (Å²) in [5.41, 5.74) is 1.03. The maximum atomic E-state index is 11.2. The first-order valence-corrected chi connectivity index (χ1v) is 8.02. The van der Waals surface area contributed by atoms with Crippen molar-refractivity contribution >= 4 is 10.0 Å². The van der Waals surface area contributed by atoms with Crippen LogP contribution in [0.1, 0.15) is 18.5 Å². The van der Waals surface area contributed by atoms with Crippen molar-refractivity contribution in [2.75, 3.05) is 19.3 Å². The molecule has 1 N–H and O–H groups in total. The lowest BCUT2D eigenvalue weighted by molar-refractivity contribution is 0.192. The van der Waals surface area contributed by atoms with Crippen LogP contribution in [0.25, 0.3) is 0 Å². The van der Waals surface area contributed by atoms with Crippen molar-refractivity contribution in [3.05, 3.63) is 30.1 Å². The van der Waals surface area contributed by atoms with Crippen LogP contribution in [-0.4, -0.2) is 43.7 Å². The fraction of sp³-hybridized carbons (Fsp3) is 0.583.